The number of methoxy groups -OCH3 is 1. The van der Waals surface area contributed by atoms with Crippen molar-refractivity contribution in [2.45, 2.75) is 33.0 Å². The Morgan fingerprint density at radius 3 is 2.39 bits per heavy atom. The molecule has 0 aliphatic carbocycles. The van der Waals surface area contributed by atoms with E-state index in [1.165, 1.54) is 31.4 Å². The number of fused-ring (bicyclic) bond motifs is 1. The van der Waals surface area contributed by atoms with E-state index < -0.39 is 29.2 Å². The number of hydrogen-bond acceptors (Lipinski definition) is 5. The largest absolute Gasteiger partial charge is 0.496 e. The van der Waals surface area contributed by atoms with Crippen LogP contribution in [0.15, 0.2) is 52.1 Å². The number of aryl methyl sites for hydroxylation is 1. The molecule has 2 heterocycles. The standard InChI is InChI=1S/C23H20F3N3O3S/c1-12(2)28-19(23(24,25)26)11-20(30)29(22(28)31)15-6-8-18-16(10-15)21(27-33-18)14-5-7-17(32-4)13(3)9-14/h5-12H,1-4H3. The Balaban J connectivity index is 1.95. The van der Waals surface area contributed by atoms with Crippen LogP contribution in [0.3, 0.4) is 0 Å². The third kappa shape index (κ3) is 3.95. The van der Waals surface area contributed by atoms with Crippen molar-refractivity contribution in [3.05, 3.63) is 74.6 Å². The van der Waals surface area contributed by atoms with E-state index in [9.17, 15) is 22.8 Å². The summed E-state index contributed by atoms with van der Waals surface area (Å²) in [6.45, 7) is 4.82. The number of halogens is 3. The summed E-state index contributed by atoms with van der Waals surface area (Å²) in [7, 11) is 1.58. The van der Waals surface area contributed by atoms with Gasteiger partial charge in [-0.05, 0) is 74.3 Å². The third-order valence-corrected chi connectivity index (χ3v) is 6.15. The summed E-state index contributed by atoms with van der Waals surface area (Å²) < 4.78 is 52.4. The van der Waals surface area contributed by atoms with Gasteiger partial charge in [0.1, 0.15) is 11.4 Å². The topological polar surface area (TPSA) is 66.1 Å². The van der Waals surface area contributed by atoms with Crippen LogP contribution in [-0.2, 0) is 6.18 Å². The Kier molecular flexibility index (Phi) is 5.65. The molecule has 2 aromatic heterocycles. The van der Waals surface area contributed by atoms with Crippen LogP contribution in [0.5, 0.6) is 5.75 Å². The first-order valence-electron chi connectivity index (χ1n) is 10.0. The lowest BCUT2D eigenvalue weighted by atomic mass is 10.0. The van der Waals surface area contributed by atoms with Crippen LogP contribution >= 0.6 is 11.5 Å². The average Bonchev–Trinajstić information content (AvgIpc) is 3.15. The highest BCUT2D eigenvalue weighted by atomic mass is 32.1. The molecule has 0 amide bonds. The molecule has 0 N–H and O–H groups in total. The van der Waals surface area contributed by atoms with Gasteiger partial charge in [-0.1, -0.05) is 0 Å². The Morgan fingerprint density at radius 1 is 1.06 bits per heavy atom. The van der Waals surface area contributed by atoms with E-state index in [1.807, 2.05) is 25.1 Å². The molecule has 0 aliphatic heterocycles. The fourth-order valence-electron chi connectivity index (χ4n) is 3.81. The Hall–Kier alpha value is -3.40. The number of nitrogens with zero attached hydrogens (tertiary/aromatic N) is 3. The Labute approximate surface area is 190 Å². The Bertz CT molecular complexity index is 1480. The molecule has 0 atom stereocenters. The summed E-state index contributed by atoms with van der Waals surface area (Å²) in [5, 5.41) is 0.685. The van der Waals surface area contributed by atoms with Gasteiger partial charge in [-0.3, -0.25) is 9.36 Å². The van der Waals surface area contributed by atoms with Crippen molar-refractivity contribution in [3.8, 4) is 22.7 Å². The second-order valence-electron chi connectivity index (χ2n) is 7.84. The highest BCUT2D eigenvalue weighted by Crippen LogP contribution is 2.34. The average molecular weight is 475 g/mol. The quantitative estimate of drug-likeness (QED) is 0.407. The molecule has 0 fully saturated rings. The monoisotopic (exact) mass is 475 g/mol. The molecule has 4 aromatic rings. The first-order chi connectivity index (χ1) is 15.5. The number of rotatable bonds is 4. The lowest BCUT2D eigenvalue weighted by Gasteiger charge is -2.19. The van der Waals surface area contributed by atoms with E-state index in [0.717, 1.165) is 26.1 Å². The molecule has 0 bridgehead atoms. The summed E-state index contributed by atoms with van der Waals surface area (Å²) in [6.07, 6.45) is -4.83. The minimum Gasteiger partial charge on any atom is -0.496 e. The zero-order chi connectivity index (χ0) is 24.1. The van der Waals surface area contributed by atoms with Crippen LogP contribution < -0.4 is 16.0 Å². The molecular formula is C23H20F3N3O3S. The maximum absolute atomic E-state index is 13.5. The zero-order valence-electron chi connectivity index (χ0n) is 18.2. The number of hydrogen-bond donors (Lipinski definition) is 0. The van der Waals surface area contributed by atoms with Crippen LogP contribution in [0.4, 0.5) is 13.2 Å². The van der Waals surface area contributed by atoms with Crippen LogP contribution in [-0.4, -0.2) is 20.6 Å². The van der Waals surface area contributed by atoms with Gasteiger partial charge < -0.3 is 4.74 Å². The van der Waals surface area contributed by atoms with Gasteiger partial charge in [0.25, 0.3) is 5.56 Å². The van der Waals surface area contributed by atoms with Gasteiger partial charge in [0.05, 0.1) is 23.2 Å². The molecule has 2 aromatic carbocycles. The van der Waals surface area contributed by atoms with Crippen molar-refractivity contribution in [1.29, 1.82) is 0 Å². The maximum Gasteiger partial charge on any atom is 0.431 e. The fourth-order valence-corrected chi connectivity index (χ4v) is 4.59. The first-order valence-corrected chi connectivity index (χ1v) is 10.8. The molecule has 6 nitrogen and oxygen atoms in total. The molecule has 33 heavy (non-hydrogen) atoms. The summed E-state index contributed by atoms with van der Waals surface area (Å²) in [6, 6.07) is 10.1. The molecule has 4 rings (SSSR count). The van der Waals surface area contributed by atoms with Gasteiger partial charge in [-0.2, -0.15) is 17.5 Å². The minimum absolute atomic E-state index is 0.173. The number of ether oxygens (including phenoxy) is 1. The van der Waals surface area contributed by atoms with Crippen LogP contribution in [0.1, 0.15) is 31.1 Å². The zero-order valence-corrected chi connectivity index (χ0v) is 19.0. The Morgan fingerprint density at radius 2 is 1.79 bits per heavy atom. The van der Waals surface area contributed by atoms with E-state index in [0.29, 0.717) is 21.7 Å². The van der Waals surface area contributed by atoms with Gasteiger partial charge >= 0.3 is 11.9 Å². The van der Waals surface area contributed by atoms with Gasteiger partial charge in [0, 0.05) is 23.1 Å². The molecule has 0 unspecified atom stereocenters. The molecule has 0 saturated carbocycles. The van der Waals surface area contributed by atoms with E-state index in [1.54, 1.807) is 19.2 Å². The van der Waals surface area contributed by atoms with Gasteiger partial charge in [-0.15, -0.1) is 0 Å². The summed E-state index contributed by atoms with van der Waals surface area (Å²) in [5.74, 6) is 0.726. The van der Waals surface area contributed by atoms with Crippen molar-refractivity contribution >= 4 is 21.6 Å². The predicted octanol–water partition coefficient (Wildman–Crippen LogP) is 5.19. The molecule has 0 spiro atoms. The summed E-state index contributed by atoms with van der Waals surface area (Å²) >= 11 is 1.25. The lowest BCUT2D eigenvalue weighted by molar-refractivity contribution is -0.145. The normalized spacial score (nSPS) is 12.0. The number of aromatic nitrogens is 3. The van der Waals surface area contributed by atoms with Crippen molar-refractivity contribution in [2.75, 3.05) is 7.11 Å². The second kappa shape index (κ2) is 8.18. The molecular weight excluding hydrogens is 455 g/mol. The summed E-state index contributed by atoms with van der Waals surface area (Å²) in [5.41, 5.74) is -0.819. The van der Waals surface area contributed by atoms with E-state index in [2.05, 4.69) is 4.37 Å². The highest BCUT2D eigenvalue weighted by molar-refractivity contribution is 7.13. The number of benzene rings is 2. The van der Waals surface area contributed by atoms with Gasteiger partial charge in [-0.25, -0.2) is 9.36 Å². The second-order valence-corrected chi connectivity index (χ2v) is 8.65. The van der Waals surface area contributed by atoms with Crippen LogP contribution in [0, 0.1) is 6.92 Å². The molecule has 10 heteroatoms. The third-order valence-electron chi connectivity index (χ3n) is 5.32. The van der Waals surface area contributed by atoms with E-state index >= 15 is 0 Å². The SMILES string of the molecule is COc1ccc(-c2nsc3ccc(-n4c(=O)cc(C(F)(F)F)n(C(C)C)c4=O)cc23)cc1C. The molecule has 0 radical (unpaired) electrons. The van der Waals surface area contributed by atoms with E-state index in [4.69, 9.17) is 4.74 Å². The predicted molar refractivity (Wildman–Crippen MR) is 122 cm³/mol. The lowest BCUT2D eigenvalue weighted by Crippen LogP contribution is -2.42. The van der Waals surface area contributed by atoms with Crippen LogP contribution in [0.25, 0.3) is 27.0 Å². The minimum atomic E-state index is -4.83. The van der Waals surface area contributed by atoms with Gasteiger partial charge in [0.2, 0.25) is 0 Å². The van der Waals surface area contributed by atoms with Crippen molar-refractivity contribution in [1.82, 2.24) is 13.5 Å². The molecule has 0 saturated heterocycles. The smallest absolute Gasteiger partial charge is 0.431 e. The maximum atomic E-state index is 13.5. The molecule has 0 aliphatic rings. The van der Waals surface area contributed by atoms with Crippen molar-refractivity contribution in [3.63, 3.8) is 0 Å². The highest BCUT2D eigenvalue weighted by Gasteiger charge is 2.36. The van der Waals surface area contributed by atoms with Crippen molar-refractivity contribution < 1.29 is 17.9 Å². The molecule has 172 valence electrons. The first kappa shape index (κ1) is 22.8. The van der Waals surface area contributed by atoms with Crippen LogP contribution in [0.2, 0.25) is 0 Å². The van der Waals surface area contributed by atoms with E-state index in [-0.39, 0.29) is 5.69 Å². The fraction of sp³-hybridized carbons (Fsp3) is 0.261. The van der Waals surface area contributed by atoms with Gasteiger partial charge in [0.15, 0.2) is 0 Å². The number of alkyl halides is 3. The van der Waals surface area contributed by atoms with Crippen molar-refractivity contribution in [2.24, 2.45) is 0 Å². The summed E-state index contributed by atoms with van der Waals surface area (Å²) in [4.78, 5) is 25.7.